The molecule has 1 unspecified atom stereocenters. The van der Waals surface area contributed by atoms with Crippen LogP contribution in [-0.4, -0.2) is 78.7 Å². The maximum absolute atomic E-state index is 13.5. The molecule has 3 amide bonds. The number of nitrogens with zero attached hydrogens (tertiary/aromatic N) is 2. The minimum atomic E-state index is -0.737. The molecule has 1 heterocycles. The van der Waals surface area contributed by atoms with Crippen LogP contribution in [0.4, 0.5) is 4.39 Å². The number of hydrogen-bond donors (Lipinski definition) is 2. The summed E-state index contributed by atoms with van der Waals surface area (Å²) in [7, 11) is 0.500. The molecule has 0 bridgehead atoms. The lowest BCUT2D eigenvalue weighted by atomic mass is 9.86. The van der Waals surface area contributed by atoms with Crippen molar-refractivity contribution in [3.05, 3.63) is 35.4 Å². The van der Waals surface area contributed by atoms with Gasteiger partial charge in [-0.3, -0.25) is 23.6 Å². The smallest absolute Gasteiger partial charge is 0.251 e. The van der Waals surface area contributed by atoms with Crippen LogP contribution in [-0.2, 0) is 19.8 Å². The zero-order valence-corrected chi connectivity index (χ0v) is 25.1. The van der Waals surface area contributed by atoms with Gasteiger partial charge in [-0.1, -0.05) is 60.6 Å². The molecular weight excluding hydrogens is 499 g/mol. The summed E-state index contributed by atoms with van der Waals surface area (Å²) in [5.41, 5.74) is 7.65. The van der Waals surface area contributed by atoms with Crippen LogP contribution in [0.15, 0.2) is 24.3 Å². The molecule has 0 aliphatic carbocycles. The third-order valence-electron chi connectivity index (χ3n) is 6.58. The van der Waals surface area contributed by atoms with Gasteiger partial charge in [0.1, 0.15) is 6.04 Å². The third-order valence-corrected chi connectivity index (χ3v) is 6.58. The molecule has 3 N–H and O–H groups in total. The van der Waals surface area contributed by atoms with Crippen LogP contribution >= 0.6 is 0 Å². The number of nitrogens with two attached hydrogens (primary N) is 1. The van der Waals surface area contributed by atoms with Crippen molar-refractivity contribution in [1.29, 1.82) is 0 Å². The van der Waals surface area contributed by atoms with Crippen LogP contribution in [0.3, 0.4) is 0 Å². The molecule has 0 aromatic heterocycles. The quantitative estimate of drug-likeness (QED) is 0.514. The van der Waals surface area contributed by atoms with E-state index in [0.29, 0.717) is 45.1 Å². The number of alkyl halides is 1. The molecule has 39 heavy (non-hydrogen) atoms. The van der Waals surface area contributed by atoms with E-state index >= 15 is 0 Å². The van der Waals surface area contributed by atoms with Crippen LogP contribution in [0.1, 0.15) is 83.7 Å². The zero-order valence-electron chi connectivity index (χ0n) is 25.1. The van der Waals surface area contributed by atoms with Gasteiger partial charge in [0, 0.05) is 18.7 Å². The van der Waals surface area contributed by atoms with Gasteiger partial charge < -0.3 is 20.9 Å². The zero-order chi connectivity index (χ0) is 29.9. The van der Waals surface area contributed by atoms with Gasteiger partial charge in [0.15, 0.2) is 5.78 Å². The first-order chi connectivity index (χ1) is 18.2. The maximum atomic E-state index is 13.5. The Bertz CT molecular complexity index is 957. The molecule has 1 saturated heterocycles. The van der Waals surface area contributed by atoms with E-state index in [9.17, 15) is 23.6 Å². The summed E-state index contributed by atoms with van der Waals surface area (Å²) < 4.78 is 9.50. The van der Waals surface area contributed by atoms with Crippen molar-refractivity contribution in [2.75, 3.05) is 33.4 Å². The summed E-state index contributed by atoms with van der Waals surface area (Å²) >= 11 is 0. The van der Waals surface area contributed by atoms with Crippen molar-refractivity contribution in [3.63, 3.8) is 0 Å². The lowest BCUT2D eigenvalue weighted by molar-refractivity contribution is -0.142. The predicted molar refractivity (Wildman–Crippen MR) is 153 cm³/mol. The van der Waals surface area contributed by atoms with E-state index < -0.39 is 12.1 Å². The van der Waals surface area contributed by atoms with E-state index in [1.807, 2.05) is 39.8 Å². The molecule has 9 heteroatoms. The van der Waals surface area contributed by atoms with Crippen molar-refractivity contribution >= 4 is 23.5 Å². The van der Waals surface area contributed by atoms with Crippen LogP contribution in [0.25, 0.3) is 0 Å². The highest BCUT2D eigenvalue weighted by Crippen LogP contribution is 2.22. The van der Waals surface area contributed by atoms with E-state index in [4.69, 9.17) is 5.73 Å². The topological polar surface area (TPSA) is 113 Å². The highest BCUT2D eigenvalue weighted by atomic mass is 19.1. The largest absolute Gasteiger partial charge is 0.340 e. The van der Waals surface area contributed by atoms with Crippen molar-refractivity contribution in [3.8, 4) is 0 Å². The number of ketones is 1. The normalized spacial score (nSPS) is 16.2. The fourth-order valence-corrected chi connectivity index (χ4v) is 4.58. The van der Waals surface area contributed by atoms with Gasteiger partial charge in [-0.15, -0.1) is 0 Å². The van der Waals surface area contributed by atoms with Gasteiger partial charge in [-0.2, -0.15) is 0 Å². The molecule has 0 saturated carbocycles. The molecular formula is C30H49FN4O4. The first kappa shape index (κ1) is 34.2. The molecule has 1 aromatic rings. The number of nitrogens with one attached hydrogen (secondary N) is 1. The van der Waals surface area contributed by atoms with E-state index in [1.165, 1.54) is 9.80 Å². The molecule has 0 spiro atoms. The Morgan fingerprint density at radius 3 is 1.85 bits per heavy atom. The number of halogens is 1. The molecule has 220 valence electrons. The van der Waals surface area contributed by atoms with E-state index in [2.05, 4.69) is 26.1 Å². The Labute approximate surface area is 233 Å². The molecule has 0 radical (unpaired) electrons. The van der Waals surface area contributed by atoms with Crippen LogP contribution in [0.5, 0.6) is 0 Å². The first-order valence-electron chi connectivity index (χ1n) is 13.8. The average Bonchev–Trinajstić information content (AvgIpc) is 2.84. The highest BCUT2D eigenvalue weighted by molar-refractivity contribution is 5.98. The third kappa shape index (κ3) is 11.1. The Kier molecular flexibility index (Phi) is 13.8. The van der Waals surface area contributed by atoms with Gasteiger partial charge in [-0.25, -0.2) is 0 Å². The number of benzene rings is 1. The lowest BCUT2D eigenvalue weighted by Crippen LogP contribution is -2.54. The summed E-state index contributed by atoms with van der Waals surface area (Å²) in [6.07, 6.45) is 1.56. The van der Waals surface area contributed by atoms with E-state index in [0.717, 1.165) is 5.56 Å². The molecule has 1 fully saturated rings. The Morgan fingerprint density at radius 2 is 1.38 bits per heavy atom. The van der Waals surface area contributed by atoms with Gasteiger partial charge >= 0.3 is 0 Å². The van der Waals surface area contributed by atoms with Crippen LogP contribution < -0.4 is 11.1 Å². The molecule has 1 aromatic carbocycles. The lowest BCUT2D eigenvalue weighted by Gasteiger charge is -2.33. The predicted octanol–water partition coefficient (Wildman–Crippen LogP) is 3.72. The van der Waals surface area contributed by atoms with Crippen LogP contribution in [0.2, 0.25) is 0 Å². The summed E-state index contributed by atoms with van der Waals surface area (Å²) in [5.74, 6) is -0.567. The number of amides is 3. The number of carbonyl (C=O) groups excluding carboxylic acids is 4. The fraction of sp³-hybridized carbons (Fsp3) is 0.667. The Hall–Kier alpha value is -2.81. The van der Waals surface area contributed by atoms with Gasteiger partial charge in [-0.05, 0) is 54.2 Å². The number of Topliss-reactive ketones (excluding diaryl/α,β-unsaturated/α-hetero) is 1. The number of carbonyl (C=O) groups is 4. The number of hydrogen-bond acceptors (Lipinski definition) is 5. The minimum absolute atomic E-state index is 0.0249. The fourth-order valence-electron chi connectivity index (χ4n) is 4.58. The van der Waals surface area contributed by atoms with Gasteiger partial charge in [0.25, 0.3) is 5.91 Å². The van der Waals surface area contributed by atoms with Gasteiger partial charge in [0.2, 0.25) is 11.8 Å². The Balaban J connectivity index is 0.00000371. The molecule has 8 nitrogen and oxygen atoms in total. The summed E-state index contributed by atoms with van der Waals surface area (Å²) in [6.45, 7) is 14.9. The molecule has 2 rings (SSSR count). The summed E-state index contributed by atoms with van der Waals surface area (Å²) in [5, 5.41) is 2.91. The average molecular weight is 549 g/mol. The van der Waals surface area contributed by atoms with Crippen molar-refractivity contribution < 1.29 is 23.6 Å². The molecule has 1 aliphatic heterocycles. The van der Waals surface area contributed by atoms with Crippen molar-refractivity contribution in [2.45, 2.75) is 85.2 Å². The van der Waals surface area contributed by atoms with E-state index in [1.54, 1.807) is 12.1 Å². The van der Waals surface area contributed by atoms with Crippen molar-refractivity contribution in [2.24, 2.45) is 17.6 Å². The number of rotatable bonds is 8. The SMILES string of the molecule is CC(C)CC(NC(=O)c1ccc(C(C)(C)C)cc1)C(=O)N1CCCN(C(=O)[C@@H](N)CC(C)C)CC(=O)C1.CF. The standard InChI is InChI=1S/C29H46N4O4.CH3F/c1-19(2)15-24(30)27(36)32-13-8-14-33(18-23(34)17-32)28(37)25(16-20(3)4)31-26(35)21-9-11-22(12-10-21)29(5,6)7;1-2/h9-12,19-20,24-25H,8,13-18,30H2,1-7H3,(H,31,35);1H3/t24-,25?;/m0./s1. The minimum Gasteiger partial charge on any atom is -0.340 e. The highest BCUT2D eigenvalue weighted by Gasteiger charge is 2.31. The second-order valence-electron chi connectivity index (χ2n) is 12.1. The van der Waals surface area contributed by atoms with Crippen LogP contribution in [0, 0.1) is 11.8 Å². The molecule has 1 aliphatic rings. The monoisotopic (exact) mass is 548 g/mol. The molecule has 2 atom stereocenters. The van der Waals surface area contributed by atoms with Crippen molar-refractivity contribution in [1.82, 2.24) is 15.1 Å². The Morgan fingerprint density at radius 1 is 0.897 bits per heavy atom. The van der Waals surface area contributed by atoms with Gasteiger partial charge in [0.05, 0.1) is 26.3 Å². The summed E-state index contributed by atoms with van der Waals surface area (Å²) in [6, 6.07) is 6.06. The second kappa shape index (κ2) is 15.7. The maximum Gasteiger partial charge on any atom is 0.251 e. The first-order valence-corrected chi connectivity index (χ1v) is 13.8. The summed E-state index contributed by atoms with van der Waals surface area (Å²) in [4.78, 5) is 55.1. The van der Waals surface area contributed by atoms with E-state index in [-0.39, 0.29) is 53.8 Å². The second-order valence-corrected chi connectivity index (χ2v) is 12.1.